The summed E-state index contributed by atoms with van der Waals surface area (Å²) < 4.78 is 46.3. The number of nitrogens with zero attached hydrogens (tertiary/aromatic N) is 6. The van der Waals surface area contributed by atoms with E-state index >= 15 is 0 Å². The molecule has 3 aromatic rings. The van der Waals surface area contributed by atoms with Gasteiger partial charge < -0.3 is 29.3 Å². The molecule has 12 heteroatoms. The van der Waals surface area contributed by atoms with Crippen LogP contribution in [0.15, 0.2) is 30.9 Å². The van der Waals surface area contributed by atoms with Crippen molar-refractivity contribution in [3.63, 3.8) is 0 Å². The second-order valence-electron chi connectivity index (χ2n) is 8.53. The van der Waals surface area contributed by atoms with Crippen LogP contribution in [0.25, 0.3) is 0 Å². The zero-order valence-corrected chi connectivity index (χ0v) is 20.7. The SMILES string of the molecule is COc1cc(OC)c(F)c(COc2cnc(Nc3cnn(CCCN4CCN(C)CC4)c3)nc2)c1F. The van der Waals surface area contributed by atoms with Gasteiger partial charge in [0.05, 0.1) is 44.1 Å². The van der Waals surface area contributed by atoms with Crippen LogP contribution >= 0.6 is 0 Å². The molecular formula is C24H31F2N7O3. The molecule has 0 radical (unpaired) electrons. The molecule has 0 aliphatic carbocycles. The van der Waals surface area contributed by atoms with E-state index in [0.717, 1.165) is 57.4 Å². The maximum atomic E-state index is 14.5. The number of ether oxygens (including phenoxy) is 3. The summed E-state index contributed by atoms with van der Waals surface area (Å²) in [6, 6.07) is 1.15. The summed E-state index contributed by atoms with van der Waals surface area (Å²) in [5.74, 6) is -1.38. The van der Waals surface area contributed by atoms with Crippen molar-refractivity contribution in [2.45, 2.75) is 19.6 Å². The van der Waals surface area contributed by atoms with Crippen molar-refractivity contribution in [1.29, 1.82) is 0 Å². The minimum absolute atomic E-state index is 0.137. The standard InChI is InChI=1S/C24H31F2N7O3/c1-31-7-9-32(10-8-31)5-4-6-33-15-17(12-29-33)30-24-27-13-18(14-28-24)36-16-19-22(25)20(34-2)11-21(35-3)23(19)26/h11-15H,4-10,16H2,1-3H3,(H,27,28,30). The molecule has 4 rings (SSSR count). The van der Waals surface area contributed by atoms with E-state index in [9.17, 15) is 8.78 Å². The van der Waals surface area contributed by atoms with Crippen molar-refractivity contribution in [1.82, 2.24) is 29.5 Å². The number of aryl methyl sites for hydroxylation is 1. The number of rotatable bonds is 11. The first-order valence-corrected chi connectivity index (χ1v) is 11.7. The summed E-state index contributed by atoms with van der Waals surface area (Å²) in [7, 11) is 4.73. The zero-order valence-electron chi connectivity index (χ0n) is 20.7. The van der Waals surface area contributed by atoms with E-state index < -0.39 is 11.6 Å². The summed E-state index contributed by atoms with van der Waals surface area (Å²) in [5.41, 5.74) is 0.448. The van der Waals surface area contributed by atoms with Crippen molar-refractivity contribution in [3.05, 3.63) is 48.1 Å². The number of hydrogen-bond acceptors (Lipinski definition) is 9. The lowest BCUT2D eigenvalue weighted by molar-refractivity contribution is 0.151. The third kappa shape index (κ3) is 6.38. The van der Waals surface area contributed by atoms with E-state index in [1.807, 2.05) is 10.9 Å². The van der Waals surface area contributed by atoms with Crippen molar-refractivity contribution < 1.29 is 23.0 Å². The molecule has 194 valence electrons. The quantitative estimate of drug-likeness (QED) is 0.424. The third-order valence-electron chi connectivity index (χ3n) is 6.02. The third-order valence-corrected chi connectivity index (χ3v) is 6.02. The number of hydrogen-bond donors (Lipinski definition) is 1. The Hall–Kier alpha value is -3.51. The van der Waals surface area contributed by atoms with Gasteiger partial charge in [0.1, 0.15) is 6.61 Å². The summed E-state index contributed by atoms with van der Waals surface area (Å²) in [6.45, 7) is 5.93. The average Bonchev–Trinajstić information content (AvgIpc) is 3.33. The predicted octanol–water partition coefficient (Wildman–Crippen LogP) is 2.93. The minimum atomic E-state index is -0.851. The molecule has 3 heterocycles. The Morgan fingerprint density at radius 2 is 1.61 bits per heavy atom. The van der Waals surface area contributed by atoms with E-state index in [1.165, 1.54) is 26.6 Å². The molecule has 0 amide bonds. The predicted molar refractivity (Wildman–Crippen MR) is 130 cm³/mol. The highest BCUT2D eigenvalue weighted by Gasteiger charge is 2.20. The largest absolute Gasteiger partial charge is 0.494 e. The Bertz CT molecular complexity index is 1110. The van der Waals surface area contributed by atoms with Crippen LogP contribution in [0.5, 0.6) is 17.2 Å². The highest BCUT2D eigenvalue weighted by molar-refractivity contribution is 5.50. The second-order valence-corrected chi connectivity index (χ2v) is 8.53. The Labute approximate surface area is 208 Å². The normalized spacial score (nSPS) is 14.6. The van der Waals surface area contributed by atoms with Crippen LogP contribution < -0.4 is 19.5 Å². The monoisotopic (exact) mass is 503 g/mol. The molecule has 2 aromatic heterocycles. The number of aromatic nitrogens is 4. The molecule has 0 atom stereocenters. The van der Waals surface area contributed by atoms with Crippen molar-refractivity contribution in [3.8, 4) is 17.2 Å². The van der Waals surface area contributed by atoms with Gasteiger partial charge in [-0.15, -0.1) is 0 Å². The molecule has 36 heavy (non-hydrogen) atoms. The molecule has 0 bridgehead atoms. The average molecular weight is 504 g/mol. The van der Waals surface area contributed by atoms with Crippen molar-refractivity contribution in [2.75, 3.05) is 59.3 Å². The van der Waals surface area contributed by atoms with Crippen LogP contribution in [0.3, 0.4) is 0 Å². The highest BCUT2D eigenvalue weighted by Crippen LogP contribution is 2.32. The van der Waals surface area contributed by atoms with E-state index in [-0.39, 0.29) is 29.4 Å². The highest BCUT2D eigenvalue weighted by atomic mass is 19.1. The molecule has 0 saturated carbocycles. The summed E-state index contributed by atoms with van der Waals surface area (Å²) in [6.07, 6.45) is 7.48. The van der Waals surface area contributed by atoms with Crippen LogP contribution in [0.2, 0.25) is 0 Å². The van der Waals surface area contributed by atoms with Gasteiger partial charge in [-0.2, -0.15) is 5.10 Å². The van der Waals surface area contributed by atoms with E-state index in [1.54, 1.807) is 6.20 Å². The molecule has 1 N–H and O–H groups in total. The van der Waals surface area contributed by atoms with Gasteiger partial charge in [0.25, 0.3) is 0 Å². The maximum Gasteiger partial charge on any atom is 0.227 e. The van der Waals surface area contributed by atoms with E-state index in [4.69, 9.17) is 14.2 Å². The lowest BCUT2D eigenvalue weighted by Gasteiger charge is -2.32. The van der Waals surface area contributed by atoms with Gasteiger partial charge >= 0.3 is 0 Å². The van der Waals surface area contributed by atoms with Gasteiger partial charge in [-0.05, 0) is 20.0 Å². The number of methoxy groups -OCH3 is 2. The number of piperazine rings is 1. The van der Waals surface area contributed by atoms with Crippen LogP contribution in [0.1, 0.15) is 12.0 Å². The summed E-state index contributed by atoms with van der Waals surface area (Å²) >= 11 is 0. The fourth-order valence-corrected chi connectivity index (χ4v) is 3.88. The lowest BCUT2D eigenvalue weighted by atomic mass is 10.1. The number of anilines is 2. The fraction of sp³-hybridized carbons (Fsp3) is 0.458. The molecule has 0 unspecified atom stereocenters. The molecule has 1 fully saturated rings. The van der Waals surface area contributed by atoms with Gasteiger partial charge in [-0.3, -0.25) is 4.68 Å². The number of likely N-dealkylation sites (N-methyl/N-ethyl adjacent to an activating group) is 1. The second kappa shape index (κ2) is 12.0. The first-order valence-electron chi connectivity index (χ1n) is 11.7. The summed E-state index contributed by atoms with van der Waals surface area (Å²) in [5, 5.41) is 7.48. The first kappa shape index (κ1) is 25.6. The molecular weight excluding hydrogens is 472 g/mol. The summed E-state index contributed by atoms with van der Waals surface area (Å²) in [4.78, 5) is 13.2. The zero-order chi connectivity index (χ0) is 25.5. The molecule has 1 aromatic carbocycles. The van der Waals surface area contributed by atoms with Gasteiger partial charge in [0.2, 0.25) is 5.95 Å². The fourth-order valence-electron chi connectivity index (χ4n) is 3.88. The number of nitrogens with one attached hydrogen (secondary N) is 1. The Morgan fingerprint density at radius 1 is 0.944 bits per heavy atom. The molecule has 10 nitrogen and oxygen atoms in total. The van der Waals surface area contributed by atoms with Crippen molar-refractivity contribution in [2.24, 2.45) is 0 Å². The van der Waals surface area contributed by atoms with Gasteiger partial charge in [-0.1, -0.05) is 0 Å². The Morgan fingerprint density at radius 3 is 2.25 bits per heavy atom. The van der Waals surface area contributed by atoms with E-state index in [0.29, 0.717) is 5.95 Å². The first-order chi connectivity index (χ1) is 17.5. The van der Waals surface area contributed by atoms with Crippen LogP contribution in [0.4, 0.5) is 20.4 Å². The molecule has 1 saturated heterocycles. The Kier molecular flexibility index (Phi) is 8.49. The van der Waals surface area contributed by atoms with E-state index in [2.05, 4.69) is 37.2 Å². The number of halogens is 2. The van der Waals surface area contributed by atoms with Gasteiger partial charge in [0, 0.05) is 45.0 Å². The number of benzene rings is 1. The van der Waals surface area contributed by atoms with Crippen LogP contribution in [-0.2, 0) is 13.2 Å². The smallest absolute Gasteiger partial charge is 0.227 e. The maximum absolute atomic E-state index is 14.5. The molecule has 1 aliphatic heterocycles. The Balaban J connectivity index is 1.27. The lowest BCUT2D eigenvalue weighted by Crippen LogP contribution is -2.44. The molecule has 1 aliphatic rings. The van der Waals surface area contributed by atoms with Crippen LogP contribution in [-0.4, -0.2) is 83.5 Å². The topological polar surface area (TPSA) is 89.8 Å². The van der Waals surface area contributed by atoms with Gasteiger partial charge in [0.15, 0.2) is 28.9 Å². The van der Waals surface area contributed by atoms with Crippen molar-refractivity contribution >= 4 is 11.6 Å². The molecule has 0 spiro atoms. The minimum Gasteiger partial charge on any atom is -0.494 e. The van der Waals surface area contributed by atoms with Gasteiger partial charge in [-0.25, -0.2) is 18.7 Å². The van der Waals surface area contributed by atoms with Crippen LogP contribution in [0, 0.1) is 11.6 Å².